The maximum atomic E-state index is 11.9. The van der Waals surface area contributed by atoms with Crippen molar-refractivity contribution >= 4 is 17.8 Å². The van der Waals surface area contributed by atoms with Gasteiger partial charge in [-0.25, -0.2) is 5.43 Å². The molecule has 0 heterocycles. The number of nitro groups is 1. The maximum Gasteiger partial charge on any atom is 0.277 e. The van der Waals surface area contributed by atoms with Crippen LogP contribution in [0.15, 0.2) is 41.5 Å². The monoisotopic (exact) mass is 370 g/mol. The molecule has 0 bridgehead atoms. The first-order valence-electron chi connectivity index (χ1n) is 8.28. The Labute approximate surface area is 156 Å². The third-order valence-corrected chi connectivity index (χ3v) is 3.73. The van der Waals surface area contributed by atoms with Gasteiger partial charge in [0.1, 0.15) is 5.75 Å². The lowest BCUT2D eigenvalue weighted by Crippen LogP contribution is -2.25. The topological polar surface area (TPSA) is 117 Å². The van der Waals surface area contributed by atoms with Gasteiger partial charge in [-0.2, -0.15) is 5.10 Å². The smallest absolute Gasteiger partial charge is 0.277 e. The Morgan fingerprint density at radius 3 is 2.67 bits per heavy atom. The molecule has 142 valence electrons. The average Bonchev–Trinajstić information content (AvgIpc) is 2.59. The summed E-state index contributed by atoms with van der Waals surface area (Å²) in [4.78, 5) is 21.7. The van der Waals surface area contributed by atoms with Crippen LogP contribution < -0.4 is 15.3 Å². The molecule has 0 spiro atoms. The SMILES string of the molecule is Cc1ccc(C(C)C)c(OCC(=O)NN=Cc2ccc([N+](=O)[O-])c([O-])c2)c1. The summed E-state index contributed by atoms with van der Waals surface area (Å²) in [5.41, 5.74) is 4.15. The van der Waals surface area contributed by atoms with E-state index >= 15 is 0 Å². The van der Waals surface area contributed by atoms with E-state index in [9.17, 15) is 20.0 Å². The molecular formula is C19H20N3O5-. The lowest BCUT2D eigenvalue weighted by molar-refractivity contribution is -0.398. The quantitative estimate of drug-likeness (QED) is 0.457. The number of hydrogen-bond donors (Lipinski definition) is 1. The predicted molar refractivity (Wildman–Crippen MR) is 99.0 cm³/mol. The molecule has 0 unspecified atom stereocenters. The summed E-state index contributed by atoms with van der Waals surface area (Å²) >= 11 is 0. The molecule has 0 atom stereocenters. The highest BCUT2D eigenvalue weighted by atomic mass is 16.6. The minimum absolute atomic E-state index is 0.215. The molecule has 0 fully saturated rings. The Bertz CT molecular complexity index is 878. The largest absolute Gasteiger partial charge is 0.868 e. The molecule has 0 aromatic heterocycles. The Kier molecular flexibility index (Phi) is 6.48. The van der Waals surface area contributed by atoms with Crippen molar-refractivity contribution in [2.75, 3.05) is 6.61 Å². The van der Waals surface area contributed by atoms with Gasteiger partial charge in [-0.15, -0.1) is 0 Å². The van der Waals surface area contributed by atoms with Crippen molar-refractivity contribution in [1.29, 1.82) is 0 Å². The number of carbonyl (C=O) groups excluding carboxylic acids is 1. The van der Waals surface area contributed by atoms with Crippen LogP contribution in [0.5, 0.6) is 11.5 Å². The Balaban J connectivity index is 1.93. The van der Waals surface area contributed by atoms with Gasteiger partial charge in [-0.1, -0.05) is 32.0 Å². The lowest BCUT2D eigenvalue weighted by Gasteiger charge is -2.14. The van der Waals surface area contributed by atoms with Gasteiger partial charge >= 0.3 is 0 Å². The molecule has 8 heteroatoms. The van der Waals surface area contributed by atoms with Gasteiger partial charge in [0.05, 0.1) is 11.1 Å². The summed E-state index contributed by atoms with van der Waals surface area (Å²) in [6.07, 6.45) is 1.23. The molecular weight excluding hydrogens is 350 g/mol. The van der Waals surface area contributed by atoms with Gasteiger partial charge < -0.3 is 9.84 Å². The molecule has 27 heavy (non-hydrogen) atoms. The number of nitro benzene ring substituents is 1. The maximum absolute atomic E-state index is 11.9. The predicted octanol–water partition coefficient (Wildman–Crippen LogP) is 2.63. The fourth-order valence-electron chi connectivity index (χ4n) is 2.36. The second kappa shape index (κ2) is 8.79. The fraction of sp³-hybridized carbons (Fsp3) is 0.263. The summed E-state index contributed by atoms with van der Waals surface area (Å²) in [6.45, 7) is 5.80. The van der Waals surface area contributed by atoms with Crippen LogP contribution in [0.25, 0.3) is 0 Å². The number of hydrazone groups is 1. The molecule has 0 saturated carbocycles. The molecule has 0 saturated heterocycles. The van der Waals surface area contributed by atoms with Crippen molar-refractivity contribution in [3.63, 3.8) is 0 Å². The van der Waals surface area contributed by atoms with E-state index in [4.69, 9.17) is 4.74 Å². The molecule has 0 radical (unpaired) electrons. The molecule has 0 aliphatic carbocycles. The number of ether oxygens (including phenoxy) is 1. The number of nitrogens with one attached hydrogen (secondary N) is 1. The number of nitrogens with zero attached hydrogens (tertiary/aromatic N) is 2. The van der Waals surface area contributed by atoms with Crippen LogP contribution in [0.3, 0.4) is 0 Å². The van der Waals surface area contributed by atoms with Gasteiger partial charge in [0.25, 0.3) is 11.6 Å². The molecule has 0 aliphatic heterocycles. The van der Waals surface area contributed by atoms with E-state index in [1.54, 1.807) is 0 Å². The summed E-state index contributed by atoms with van der Waals surface area (Å²) in [5.74, 6) is -0.286. The van der Waals surface area contributed by atoms with Crippen LogP contribution in [-0.4, -0.2) is 23.7 Å². The number of aryl methyl sites for hydroxylation is 1. The summed E-state index contributed by atoms with van der Waals surface area (Å²) < 4.78 is 5.59. The van der Waals surface area contributed by atoms with E-state index in [-0.39, 0.29) is 12.5 Å². The van der Waals surface area contributed by atoms with E-state index in [0.717, 1.165) is 23.3 Å². The molecule has 2 rings (SSSR count). The molecule has 1 amide bonds. The van der Waals surface area contributed by atoms with Gasteiger partial charge in [-0.05, 0) is 47.4 Å². The number of benzene rings is 2. The minimum atomic E-state index is -0.751. The first-order chi connectivity index (χ1) is 12.8. The normalized spacial score (nSPS) is 11.0. The third kappa shape index (κ3) is 5.53. The van der Waals surface area contributed by atoms with Crippen LogP contribution in [0.4, 0.5) is 5.69 Å². The standard InChI is InChI=1S/C19H21N3O5/c1-12(2)15-6-4-13(3)8-18(15)27-11-19(24)21-20-10-14-5-7-16(22(25)26)17(23)9-14/h4-10,12,23H,11H2,1-3H3,(H,21,24)/p-1. The minimum Gasteiger partial charge on any atom is -0.868 e. The van der Waals surface area contributed by atoms with Crippen molar-refractivity contribution in [2.24, 2.45) is 5.10 Å². The van der Waals surface area contributed by atoms with Crippen LogP contribution in [0.1, 0.15) is 36.5 Å². The Morgan fingerprint density at radius 2 is 2.04 bits per heavy atom. The summed E-state index contributed by atoms with van der Waals surface area (Å²) in [7, 11) is 0. The number of rotatable bonds is 7. The van der Waals surface area contributed by atoms with Crippen LogP contribution >= 0.6 is 0 Å². The average molecular weight is 370 g/mol. The van der Waals surface area contributed by atoms with Crippen LogP contribution in [0, 0.1) is 17.0 Å². The molecule has 2 aromatic rings. The van der Waals surface area contributed by atoms with Crippen molar-refractivity contribution in [1.82, 2.24) is 5.43 Å². The highest BCUT2D eigenvalue weighted by Crippen LogP contribution is 2.27. The number of carbonyl (C=O) groups is 1. The first kappa shape index (κ1) is 19.9. The van der Waals surface area contributed by atoms with Crippen LogP contribution in [-0.2, 0) is 4.79 Å². The molecule has 1 N–H and O–H groups in total. The van der Waals surface area contributed by atoms with E-state index in [0.29, 0.717) is 11.3 Å². The van der Waals surface area contributed by atoms with Crippen LogP contribution in [0.2, 0.25) is 0 Å². The van der Waals surface area contributed by atoms with E-state index in [1.807, 2.05) is 39.0 Å². The zero-order valence-corrected chi connectivity index (χ0v) is 15.3. The highest BCUT2D eigenvalue weighted by Gasteiger charge is 2.10. The molecule has 2 aromatic carbocycles. The highest BCUT2D eigenvalue weighted by molar-refractivity contribution is 5.83. The zero-order valence-electron chi connectivity index (χ0n) is 15.3. The number of amides is 1. The van der Waals surface area contributed by atoms with E-state index < -0.39 is 22.3 Å². The van der Waals surface area contributed by atoms with Gasteiger partial charge in [0.15, 0.2) is 6.61 Å². The van der Waals surface area contributed by atoms with Gasteiger partial charge in [0.2, 0.25) is 0 Å². The second-order valence-corrected chi connectivity index (χ2v) is 6.26. The Hall–Kier alpha value is -3.42. The third-order valence-electron chi connectivity index (χ3n) is 3.73. The van der Waals surface area contributed by atoms with Gasteiger partial charge in [0, 0.05) is 6.07 Å². The van der Waals surface area contributed by atoms with Crippen molar-refractivity contribution in [3.05, 3.63) is 63.2 Å². The number of hydrogen-bond acceptors (Lipinski definition) is 6. The first-order valence-corrected chi connectivity index (χ1v) is 8.28. The molecule has 0 aliphatic rings. The summed E-state index contributed by atoms with van der Waals surface area (Å²) in [5, 5.41) is 25.9. The second-order valence-electron chi connectivity index (χ2n) is 6.26. The fourth-order valence-corrected chi connectivity index (χ4v) is 2.36. The van der Waals surface area contributed by atoms with Gasteiger partial charge in [-0.3, -0.25) is 14.9 Å². The lowest BCUT2D eigenvalue weighted by atomic mass is 10.0. The van der Waals surface area contributed by atoms with E-state index in [2.05, 4.69) is 10.5 Å². The molecule has 8 nitrogen and oxygen atoms in total. The van der Waals surface area contributed by atoms with Crippen molar-refractivity contribution in [3.8, 4) is 11.5 Å². The summed E-state index contributed by atoms with van der Waals surface area (Å²) in [6, 6.07) is 9.37. The van der Waals surface area contributed by atoms with Crippen molar-refractivity contribution in [2.45, 2.75) is 26.7 Å². The van der Waals surface area contributed by atoms with E-state index in [1.165, 1.54) is 12.3 Å². The zero-order chi connectivity index (χ0) is 20.0. The van der Waals surface area contributed by atoms with Crippen molar-refractivity contribution < 1.29 is 19.6 Å². The Morgan fingerprint density at radius 1 is 1.30 bits per heavy atom.